The molecule has 0 spiro atoms. The number of benzene rings is 1. The Balaban J connectivity index is 1.56. The molecule has 0 N–H and O–H groups in total. The van der Waals surface area contributed by atoms with Gasteiger partial charge in [-0.1, -0.05) is 60.4 Å². The van der Waals surface area contributed by atoms with Crippen LogP contribution in [0.4, 0.5) is 5.82 Å². The molecule has 2 aromatic heterocycles. The first kappa shape index (κ1) is 20.9. The smallest absolute Gasteiger partial charge is 0.267 e. The Kier molecular flexibility index (Phi) is 5.77. The third-order valence-corrected chi connectivity index (χ3v) is 6.77. The second-order valence-corrected chi connectivity index (χ2v) is 9.11. The van der Waals surface area contributed by atoms with Crippen molar-refractivity contribution < 1.29 is 9.53 Å². The molecule has 0 radical (unpaired) electrons. The third kappa shape index (κ3) is 3.94. The van der Waals surface area contributed by atoms with Crippen molar-refractivity contribution in [3.63, 3.8) is 0 Å². The van der Waals surface area contributed by atoms with Gasteiger partial charge in [-0.3, -0.25) is 18.9 Å². The predicted molar refractivity (Wildman–Crippen MR) is 130 cm³/mol. The highest BCUT2D eigenvalue weighted by Crippen LogP contribution is 2.34. The lowest BCUT2D eigenvalue weighted by Gasteiger charge is -2.29. The molecule has 0 aliphatic carbocycles. The molecule has 162 valence electrons. The fourth-order valence-corrected chi connectivity index (χ4v) is 5.00. The monoisotopic (exact) mass is 464 g/mol. The van der Waals surface area contributed by atoms with E-state index in [2.05, 4.69) is 0 Å². The van der Waals surface area contributed by atoms with Gasteiger partial charge in [0.25, 0.3) is 11.5 Å². The molecule has 0 unspecified atom stereocenters. The van der Waals surface area contributed by atoms with E-state index in [4.69, 9.17) is 21.9 Å². The number of morpholine rings is 1. The second-order valence-electron chi connectivity index (χ2n) is 7.44. The molecule has 0 saturated carbocycles. The van der Waals surface area contributed by atoms with E-state index in [1.165, 1.54) is 16.2 Å². The molecule has 7 nitrogen and oxygen atoms in total. The molecule has 4 heterocycles. The van der Waals surface area contributed by atoms with Crippen molar-refractivity contribution in [1.29, 1.82) is 0 Å². The maximum absolute atomic E-state index is 13.4. The van der Waals surface area contributed by atoms with Crippen molar-refractivity contribution in [3.8, 4) is 0 Å². The normalized spacial score (nSPS) is 18.2. The van der Waals surface area contributed by atoms with Gasteiger partial charge in [0.1, 0.15) is 15.8 Å². The summed E-state index contributed by atoms with van der Waals surface area (Å²) in [6.07, 6.45) is 3.33. The standard InChI is InChI=1S/C23H20N4O3S2/c28-21-17(14-18-22(29)27(23(31)32-18)15-16-6-2-1-3-7-16)20(25-10-12-30-13-11-25)24-19-8-4-5-9-26(19)21/h1-9,14H,10-13,15H2/b18-14-. The van der Waals surface area contributed by atoms with E-state index >= 15 is 0 Å². The van der Waals surface area contributed by atoms with Crippen LogP contribution in [0.15, 0.2) is 64.4 Å². The molecule has 0 bridgehead atoms. The highest BCUT2D eigenvalue weighted by molar-refractivity contribution is 8.26. The van der Waals surface area contributed by atoms with E-state index in [1.54, 1.807) is 29.3 Å². The van der Waals surface area contributed by atoms with Crippen LogP contribution in [-0.2, 0) is 16.1 Å². The van der Waals surface area contributed by atoms with Gasteiger partial charge in [0.05, 0.1) is 30.2 Å². The number of anilines is 1. The average molecular weight is 465 g/mol. The zero-order chi connectivity index (χ0) is 22.1. The summed E-state index contributed by atoms with van der Waals surface area (Å²) >= 11 is 6.69. The first-order chi connectivity index (χ1) is 15.6. The van der Waals surface area contributed by atoms with Crippen molar-refractivity contribution >= 4 is 51.7 Å². The van der Waals surface area contributed by atoms with Crippen LogP contribution in [0.5, 0.6) is 0 Å². The van der Waals surface area contributed by atoms with E-state index in [9.17, 15) is 9.59 Å². The van der Waals surface area contributed by atoms with Gasteiger partial charge in [-0.05, 0) is 23.8 Å². The molecule has 2 aliphatic heterocycles. The van der Waals surface area contributed by atoms with Crippen LogP contribution in [0, 0.1) is 0 Å². The minimum Gasteiger partial charge on any atom is -0.378 e. The molecule has 0 atom stereocenters. The van der Waals surface area contributed by atoms with Crippen LogP contribution in [0.1, 0.15) is 11.1 Å². The quantitative estimate of drug-likeness (QED) is 0.434. The molecule has 2 aliphatic rings. The average Bonchev–Trinajstić information content (AvgIpc) is 3.09. The number of carbonyl (C=O) groups is 1. The minimum absolute atomic E-state index is 0.200. The van der Waals surface area contributed by atoms with Crippen molar-refractivity contribution in [3.05, 3.63) is 81.1 Å². The number of thioether (sulfide) groups is 1. The predicted octanol–water partition coefficient (Wildman–Crippen LogP) is 2.93. The van der Waals surface area contributed by atoms with E-state index in [0.717, 1.165) is 5.56 Å². The minimum atomic E-state index is -0.217. The Morgan fingerprint density at radius 3 is 2.59 bits per heavy atom. The lowest BCUT2D eigenvalue weighted by atomic mass is 10.2. The first-order valence-corrected chi connectivity index (χ1v) is 11.5. The summed E-state index contributed by atoms with van der Waals surface area (Å²) in [5.41, 5.74) is 1.72. The Bertz CT molecular complexity index is 1280. The number of aromatic nitrogens is 2. The number of amides is 1. The fourth-order valence-electron chi connectivity index (χ4n) is 3.77. The Labute approximate surface area is 194 Å². The summed E-state index contributed by atoms with van der Waals surface area (Å²) in [5, 5.41) is 0. The number of rotatable bonds is 4. The van der Waals surface area contributed by atoms with Crippen molar-refractivity contribution in [2.75, 3.05) is 31.2 Å². The van der Waals surface area contributed by atoms with Gasteiger partial charge in [-0.15, -0.1) is 0 Å². The Morgan fingerprint density at radius 2 is 1.81 bits per heavy atom. The van der Waals surface area contributed by atoms with E-state index in [1.807, 2.05) is 41.3 Å². The topological polar surface area (TPSA) is 67.2 Å². The molecular formula is C23H20N4O3S2. The summed E-state index contributed by atoms with van der Waals surface area (Å²) in [7, 11) is 0. The molecule has 2 saturated heterocycles. The molecule has 32 heavy (non-hydrogen) atoms. The molecule has 1 aromatic carbocycles. The molecule has 1 amide bonds. The van der Waals surface area contributed by atoms with E-state index in [0.29, 0.717) is 59.1 Å². The number of ether oxygens (including phenoxy) is 1. The molecule has 5 rings (SSSR count). The second kappa shape index (κ2) is 8.85. The largest absolute Gasteiger partial charge is 0.378 e. The Hall–Kier alpha value is -3.01. The van der Waals surface area contributed by atoms with E-state index < -0.39 is 0 Å². The van der Waals surface area contributed by atoms with E-state index in [-0.39, 0.29) is 11.5 Å². The summed E-state index contributed by atoms with van der Waals surface area (Å²) in [6.45, 7) is 2.79. The van der Waals surface area contributed by atoms with Gasteiger partial charge >= 0.3 is 0 Å². The van der Waals surface area contributed by atoms with Crippen LogP contribution >= 0.6 is 24.0 Å². The number of fused-ring (bicyclic) bond motifs is 1. The molecule has 3 aromatic rings. The molecular weight excluding hydrogens is 444 g/mol. The molecule has 2 fully saturated rings. The summed E-state index contributed by atoms with van der Waals surface area (Å²) in [4.78, 5) is 35.4. The van der Waals surface area contributed by atoms with Gasteiger partial charge < -0.3 is 9.64 Å². The Morgan fingerprint density at radius 1 is 1.06 bits per heavy atom. The number of hydrogen-bond donors (Lipinski definition) is 0. The zero-order valence-electron chi connectivity index (χ0n) is 17.1. The third-order valence-electron chi connectivity index (χ3n) is 5.39. The van der Waals surface area contributed by atoms with Gasteiger partial charge in [-0.2, -0.15) is 0 Å². The number of thiocarbonyl (C=S) groups is 1. The summed E-state index contributed by atoms with van der Waals surface area (Å²) in [6, 6.07) is 15.1. The van der Waals surface area contributed by atoms with Gasteiger partial charge in [0.2, 0.25) is 0 Å². The highest BCUT2D eigenvalue weighted by atomic mass is 32.2. The van der Waals surface area contributed by atoms with Crippen molar-refractivity contribution in [2.45, 2.75) is 6.54 Å². The number of hydrogen-bond acceptors (Lipinski definition) is 7. The van der Waals surface area contributed by atoms with Crippen LogP contribution in [0.25, 0.3) is 11.7 Å². The number of pyridine rings is 1. The first-order valence-electron chi connectivity index (χ1n) is 10.3. The number of nitrogens with zero attached hydrogens (tertiary/aromatic N) is 4. The zero-order valence-corrected chi connectivity index (χ0v) is 18.8. The lowest BCUT2D eigenvalue weighted by Crippen LogP contribution is -2.38. The van der Waals surface area contributed by atoms with Crippen molar-refractivity contribution in [1.82, 2.24) is 14.3 Å². The highest BCUT2D eigenvalue weighted by Gasteiger charge is 2.33. The van der Waals surface area contributed by atoms with Crippen LogP contribution < -0.4 is 10.5 Å². The lowest BCUT2D eigenvalue weighted by molar-refractivity contribution is -0.122. The summed E-state index contributed by atoms with van der Waals surface area (Å²) in [5.74, 6) is 0.368. The maximum atomic E-state index is 13.4. The fraction of sp³-hybridized carbons (Fsp3) is 0.217. The van der Waals surface area contributed by atoms with Crippen LogP contribution in [0.3, 0.4) is 0 Å². The summed E-state index contributed by atoms with van der Waals surface area (Å²) < 4.78 is 7.44. The van der Waals surface area contributed by atoms with Gasteiger partial charge in [0.15, 0.2) is 0 Å². The van der Waals surface area contributed by atoms with Gasteiger partial charge in [0, 0.05) is 19.3 Å². The van der Waals surface area contributed by atoms with Crippen LogP contribution in [-0.4, -0.2) is 50.8 Å². The van der Waals surface area contributed by atoms with Crippen molar-refractivity contribution in [2.24, 2.45) is 0 Å². The SMILES string of the molecule is O=C1/C(=C/c2c(N3CCOCC3)nc3ccccn3c2=O)SC(=S)N1Cc1ccccc1. The maximum Gasteiger partial charge on any atom is 0.267 e. The number of carbonyl (C=O) groups excluding carboxylic acids is 1. The van der Waals surface area contributed by atoms with Gasteiger partial charge in [-0.25, -0.2) is 4.98 Å². The molecule has 9 heteroatoms. The van der Waals surface area contributed by atoms with Crippen LogP contribution in [0.2, 0.25) is 0 Å².